The number of aliphatic hydroxyl groups is 2. The van der Waals surface area contributed by atoms with E-state index in [1.165, 1.54) is 9.80 Å². The van der Waals surface area contributed by atoms with Crippen molar-refractivity contribution >= 4 is 24.0 Å². The van der Waals surface area contributed by atoms with Crippen LogP contribution in [0.25, 0.3) is 22.3 Å². The lowest BCUT2D eigenvalue weighted by Gasteiger charge is -2.43. The topological polar surface area (TPSA) is 166 Å². The Bertz CT molecular complexity index is 2640. The molecule has 0 spiro atoms. The van der Waals surface area contributed by atoms with E-state index in [4.69, 9.17) is 15.2 Å². The van der Waals surface area contributed by atoms with Crippen LogP contribution in [-0.2, 0) is 45.0 Å². The van der Waals surface area contributed by atoms with Crippen LogP contribution in [0.15, 0.2) is 170 Å². The molecule has 2 heterocycles. The summed E-state index contributed by atoms with van der Waals surface area (Å²) in [5.74, 6) is -0.883. The zero-order chi connectivity index (χ0) is 54.6. The van der Waals surface area contributed by atoms with Gasteiger partial charge in [-0.2, -0.15) is 0 Å². The molecule has 2 saturated heterocycles. The molecule has 0 unspecified atom stereocenters. The van der Waals surface area contributed by atoms with Crippen molar-refractivity contribution in [3.05, 3.63) is 192 Å². The first kappa shape index (κ1) is 56.4. The number of nitrogens with two attached hydrogens (primary N) is 1. The molecule has 0 bridgehead atoms. The first-order valence-electron chi connectivity index (χ1n) is 26.3. The minimum Gasteiger partial charge on any atom is -0.444 e. The third kappa shape index (κ3) is 15.4. The minimum absolute atomic E-state index is 0.241. The van der Waals surface area contributed by atoms with E-state index in [0.29, 0.717) is 45.6 Å². The molecule has 6 atom stereocenters. The molecule has 4 N–H and O–H groups in total. The number of carbonyl (C=O) groups excluding carboxylic acids is 4. The van der Waals surface area contributed by atoms with Gasteiger partial charge in [-0.3, -0.25) is 19.4 Å². The zero-order valence-corrected chi connectivity index (χ0v) is 45.0. The molecule has 6 aromatic rings. The molecule has 6 aromatic carbocycles. The molecular formula is C63H75N5O8. The lowest BCUT2D eigenvalue weighted by atomic mass is 9.88. The predicted octanol–water partition coefficient (Wildman–Crippen LogP) is 9.77. The van der Waals surface area contributed by atoms with Gasteiger partial charge in [0.2, 0.25) is 11.8 Å². The van der Waals surface area contributed by atoms with Gasteiger partial charge in [-0.25, -0.2) is 9.59 Å². The normalized spacial score (nSPS) is 17.7. The third-order valence-electron chi connectivity index (χ3n) is 13.5. The zero-order valence-electron chi connectivity index (χ0n) is 45.0. The van der Waals surface area contributed by atoms with E-state index in [0.717, 1.165) is 44.5 Å². The fourth-order valence-electron chi connectivity index (χ4n) is 9.68. The van der Waals surface area contributed by atoms with E-state index in [1.807, 2.05) is 153 Å². The second-order valence-electron chi connectivity index (χ2n) is 21.9. The van der Waals surface area contributed by atoms with Crippen molar-refractivity contribution < 1.29 is 38.9 Å². The van der Waals surface area contributed by atoms with Gasteiger partial charge >= 0.3 is 12.2 Å². The molecule has 76 heavy (non-hydrogen) atoms. The lowest BCUT2D eigenvalue weighted by molar-refractivity contribution is -0.149. The Labute approximate surface area is 448 Å². The summed E-state index contributed by atoms with van der Waals surface area (Å²) < 4.78 is 11.2. The molecule has 2 aliphatic rings. The SMILES string of the molecule is CC(C)(C)OC(=O)N1CCN(Cc2ccccc2)C(=O)[C@@H]1[C@@H](O)[C@@H](N)Cc1cccc(-c2ccccc2)c1.C[C@@H](Cc1cccc(-c2ccccc2)c1)[C@H](O)[C@H]1C(=O)N(Cc2ccccc2)CCN1C(=O)OC(C)(C)C. The Morgan fingerprint density at radius 1 is 0.500 bits per heavy atom. The van der Waals surface area contributed by atoms with E-state index in [-0.39, 0.29) is 24.3 Å². The summed E-state index contributed by atoms with van der Waals surface area (Å²) in [6.07, 6.45) is -2.65. The molecule has 2 fully saturated rings. The second kappa shape index (κ2) is 25.5. The highest BCUT2D eigenvalue weighted by Gasteiger charge is 2.46. The summed E-state index contributed by atoms with van der Waals surface area (Å²) in [6, 6.07) is 52.8. The Balaban J connectivity index is 0.000000221. The highest BCUT2D eigenvalue weighted by Crippen LogP contribution is 2.29. The number of rotatable bonds is 14. The summed E-state index contributed by atoms with van der Waals surface area (Å²) in [7, 11) is 0. The molecule has 13 heteroatoms. The first-order valence-corrected chi connectivity index (χ1v) is 26.3. The Hall–Kier alpha value is -7.32. The number of aliphatic hydroxyl groups excluding tert-OH is 2. The summed E-state index contributed by atoms with van der Waals surface area (Å²) in [6.45, 7) is 14.7. The average Bonchev–Trinajstić information content (AvgIpc) is 3.41. The number of benzene rings is 6. The van der Waals surface area contributed by atoms with Crippen molar-refractivity contribution in [1.82, 2.24) is 19.6 Å². The Morgan fingerprint density at radius 3 is 1.24 bits per heavy atom. The van der Waals surface area contributed by atoms with Crippen LogP contribution in [0.4, 0.5) is 9.59 Å². The maximum atomic E-state index is 13.8. The fraction of sp³-hybridized carbons (Fsp3) is 0.365. The van der Waals surface area contributed by atoms with Crippen molar-refractivity contribution in [2.75, 3.05) is 26.2 Å². The van der Waals surface area contributed by atoms with Crippen LogP contribution in [0, 0.1) is 5.92 Å². The largest absolute Gasteiger partial charge is 0.444 e. The van der Waals surface area contributed by atoms with Gasteiger partial charge in [0.1, 0.15) is 23.3 Å². The van der Waals surface area contributed by atoms with Crippen molar-refractivity contribution in [3.8, 4) is 22.3 Å². The number of hydrogen-bond donors (Lipinski definition) is 3. The van der Waals surface area contributed by atoms with Crippen molar-refractivity contribution in [1.29, 1.82) is 0 Å². The van der Waals surface area contributed by atoms with E-state index < -0.39 is 53.7 Å². The van der Waals surface area contributed by atoms with Crippen molar-refractivity contribution in [3.63, 3.8) is 0 Å². The summed E-state index contributed by atoms with van der Waals surface area (Å²) in [5, 5.41) is 23.0. The second-order valence-corrected chi connectivity index (χ2v) is 21.9. The van der Waals surface area contributed by atoms with Crippen LogP contribution in [0.3, 0.4) is 0 Å². The smallest absolute Gasteiger partial charge is 0.411 e. The van der Waals surface area contributed by atoms with E-state index >= 15 is 0 Å². The van der Waals surface area contributed by atoms with Gasteiger partial charge in [-0.1, -0.05) is 177 Å². The maximum Gasteiger partial charge on any atom is 0.411 e. The number of amides is 4. The molecule has 13 nitrogen and oxygen atoms in total. The maximum absolute atomic E-state index is 13.8. The summed E-state index contributed by atoms with van der Waals surface area (Å²) in [4.78, 5) is 59.9. The molecular weight excluding hydrogens is 955 g/mol. The fourth-order valence-corrected chi connectivity index (χ4v) is 9.68. The van der Waals surface area contributed by atoms with Gasteiger partial charge in [0.25, 0.3) is 0 Å². The van der Waals surface area contributed by atoms with Crippen LogP contribution in [0.2, 0.25) is 0 Å². The van der Waals surface area contributed by atoms with Gasteiger partial charge in [0.15, 0.2) is 0 Å². The van der Waals surface area contributed by atoms with Crippen LogP contribution in [0.1, 0.15) is 70.7 Å². The van der Waals surface area contributed by atoms with Gasteiger partial charge < -0.3 is 35.2 Å². The number of carbonyl (C=O) groups is 4. The summed E-state index contributed by atoms with van der Waals surface area (Å²) >= 11 is 0. The van der Waals surface area contributed by atoms with Crippen LogP contribution < -0.4 is 5.73 Å². The summed E-state index contributed by atoms with van der Waals surface area (Å²) in [5.41, 5.74) is 13.4. The average molecular weight is 1030 g/mol. The molecule has 8 rings (SSSR count). The standard InChI is InChI=1S/C32H38N2O4.C31H37N3O4/c1-23(20-25-14-11-17-27(21-25)26-15-9-6-10-16-26)29(35)28-30(36)33(22-24-12-7-5-8-13-24)18-19-34(28)31(37)38-32(2,3)4;1-31(2,3)38-30(37)34-18-17-33(21-22-11-6-4-7-12-22)29(36)27(34)28(35)26(32)20-23-13-10-16-25(19-23)24-14-8-5-9-15-24/h5-17,21,23,28-29,35H,18-20,22H2,1-4H3;4-16,19,26-28,35H,17-18,20-21,32H2,1-3H3/t23-,28-,29-;26-,27-,28-/m00/s1. The molecule has 400 valence electrons. The van der Waals surface area contributed by atoms with Crippen LogP contribution in [-0.4, -0.2) is 122 Å². The van der Waals surface area contributed by atoms with E-state index in [9.17, 15) is 29.4 Å². The molecule has 0 saturated carbocycles. The molecule has 0 radical (unpaired) electrons. The van der Waals surface area contributed by atoms with Crippen molar-refractivity contribution in [2.24, 2.45) is 11.7 Å². The molecule has 2 aliphatic heterocycles. The Morgan fingerprint density at radius 2 is 0.842 bits per heavy atom. The number of hydrogen-bond acceptors (Lipinski definition) is 9. The third-order valence-corrected chi connectivity index (χ3v) is 13.5. The first-order chi connectivity index (χ1) is 36.2. The van der Waals surface area contributed by atoms with Gasteiger partial charge in [0.05, 0.1) is 12.2 Å². The number of ether oxygens (including phenoxy) is 2. The van der Waals surface area contributed by atoms with Crippen LogP contribution >= 0.6 is 0 Å². The molecule has 0 aliphatic carbocycles. The van der Waals surface area contributed by atoms with Gasteiger partial charge in [0, 0.05) is 45.3 Å². The quantitative estimate of drug-likeness (QED) is 0.0963. The monoisotopic (exact) mass is 1030 g/mol. The Kier molecular flexibility index (Phi) is 18.9. The number of piperazine rings is 2. The van der Waals surface area contributed by atoms with Crippen LogP contribution in [0.5, 0.6) is 0 Å². The molecule has 0 aromatic heterocycles. The predicted molar refractivity (Wildman–Crippen MR) is 297 cm³/mol. The van der Waals surface area contributed by atoms with E-state index in [2.05, 4.69) is 24.3 Å². The lowest BCUT2D eigenvalue weighted by Crippen LogP contribution is -2.65. The van der Waals surface area contributed by atoms with Crippen molar-refractivity contribution in [2.45, 2.75) is 116 Å². The molecule has 4 amide bonds. The van der Waals surface area contributed by atoms with Gasteiger partial charge in [-0.15, -0.1) is 0 Å². The highest BCUT2D eigenvalue weighted by molar-refractivity contribution is 5.88. The minimum atomic E-state index is -1.28. The van der Waals surface area contributed by atoms with E-state index in [1.54, 1.807) is 51.3 Å². The highest BCUT2D eigenvalue weighted by atomic mass is 16.6. The van der Waals surface area contributed by atoms with Gasteiger partial charge in [-0.05, 0) is 105 Å². The number of nitrogens with zero attached hydrogens (tertiary/aromatic N) is 4.